The van der Waals surface area contributed by atoms with Crippen molar-refractivity contribution in [3.63, 3.8) is 0 Å². The maximum absolute atomic E-state index is 11.4. The van der Waals surface area contributed by atoms with E-state index < -0.39 is 18.1 Å². The molecule has 0 aliphatic carbocycles. The third-order valence-corrected chi connectivity index (χ3v) is 2.65. The minimum absolute atomic E-state index is 0.181. The molecule has 0 fully saturated rings. The van der Waals surface area contributed by atoms with E-state index in [1.54, 1.807) is 12.3 Å². The molecule has 0 spiro atoms. The van der Waals surface area contributed by atoms with Crippen molar-refractivity contribution < 1.29 is 19.4 Å². The second-order valence-electron chi connectivity index (χ2n) is 2.83. The highest BCUT2D eigenvalue weighted by Gasteiger charge is 2.30. The molecule has 1 heterocycles. The fraction of sp³-hybridized carbons (Fsp3) is 0.444. The van der Waals surface area contributed by atoms with Gasteiger partial charge >= 0.3 is 5.97 Å². The molecule has 2 N–H and O–H groups in total. The van der Waals surface area contributed by atoms with Crippen LogP contribution in [0.5, 0.6) is 0 Å². The summed E-state index contributed by atoms with van der Waals surface area (Å²) < 4.78 is 4.73. The van der Waals surface area contributed by atoms with E-state index in [0.717, 1.165) is 0 Å². The van der Waals surface area contributed by atoms with E-state index in [4.69, 9.17) is 4.74 Å². The highest BCUT2D eigenvalue weighted by atomic mass is 32.1. The van der Waals surface area contributed by atoms with Crippen molar-refractivity contribution in [1.29, 1.82) is 0 Å². The Morgan fingerprint density at radius 2 is 2.56 bits per heavy atom. The Hall–Kier alpha value is -1.47. The predicted molar refractivity (Wildman–Crippen MR) is 56.7 cm³/mol. The van der Waals surface area contributed by atoms with Crippen LogP contribution in [0.15, 0.2) is 11.6 Å². The number of carbonyl (C=O) groups is 2. The fourth-order valence-electron chi connectivity index (χ4n) is 1.12. The number of nitrogens with zero attached hydrogens (tertiary/aromatic N) is 1. The summed E-state index contributed by atoms with van der Waals surface area (Å²) in [6, 6.07) is -1.12. The van der Waals surface area contributed by atoms with Gasteiger partial charge in [-0.2, -0.15) is 0 Å². The summed E-state index contributed by atoms with van der Waals surface area (Å²) in [5.74, 6) is -0.683. The normalized spacial score (nSPS) is 13.9. The fourth-order valence-corrected chi connectivity index (χ4v) is 1.77. The predicted octanol–water partition coefficient (Wildman–Crippen LogP) is -0.146. The largest absolute Gasteiger partial charge is 0.464 e. The Morgan fingerprint density at radius 3 is 3.06 bits per heavy atom. The minimum Gasteiger partial charge on any atom is -0.464 e. The highest BCUT2D eigenvalue weighted by Crippen LogP contribution is 2.19. The first-order valence-electron chi connectivity index (χ1n) is 4.64. The van der Waals surface area contributed by atoms with Crippen LogP contribution in [0.3, 0.4) is 0 Å². The van der Waals surface area contributed by atoms with E-state index >= 15 is 0 Å². The van der Waals surface area contributed by atoms with Gasteiger partial charge in [0.1, 0.15) is 11.1 Å². The number of nitrogens with one attached hydrogen (secondary N) is 1. The molecule has 1 amide bonds. The number of aliphatic hydroxyl groups excluding tert-OH is 1. The first-order valence-corrected chi connectivity index (χ1v) is 5.52. The lowest BCUT2D eigenvalue weighted by molar-refractivity contribution is -0.149. The number of amides is 1. The Bertz CT molecular complexity index is 341. The quantitative estimate of drug-likeness (QED) is 0.537. The van der Waals surface area contributed by atoms with Crippen molar-refractivity contribution >= 4 is 23.7 Å². The number of esters is 1. The number of thiazole rings is 1. The SMILES string of the molecule is CCOC(=O)C(NC=O)C(O)c1nccs1. The standard InChI is InChI=1S/C9H12N2O4S/c1-2-15-9(14)6(11-5-12)7(13)8-10-3-4-16-8/h3-7,13H,2H2,1H3,(H,11,12). The molecule has 1 aromatic heterocycles. The summed E-state index contributed by atoms with van der Waals surface area (Å²) in [7, 11) is 0. The molecule has 0 saturated carbocycles. The minimum atomic E-state index is -1.19. The summed E-state index contributed by atoms with van der Waals surface area (Å²) in [5, 5.41) is 14.1. The van der Waals surface area contributed by atoms with Crippen LogP contribution in [0, 0.1) is 0 Å². The number of aliphatic hydroxyl groups is 1. The monoisotopic (exact) mass is 244 g/mol. The third kappa shape index (κ3) is 3.01. The summed E-state index contributed by atoms with van der Waals surface area (Å²) in [6.07, 6.45) is 0.661. The van der Waals surface area contributed by atoms with Gasteiger partial charge < -0.3 is 15.2 Å². The molecule has 0 aliphatic rings. The number of carbonyl (C=O) groups excluding carboxylic acids is 2. The molecular weight excluding hydrogens is 232 g/mol. The Labute approximate surface area is 96.3 Å². The first kappa shape index (κ1) is 12.6. The first-order chi connectivity index (χ1) is 7.70. The molecule has 2 atom stereocenters. The van der Waals surface area contributed by atoms with E-state index in [0.29, 0.717) is 11.4 Å². The highest BCUT2D eigenvalue weighted by molar-refractivity contribution is 7.09. The zero-order chi connectivity index (χ0) is 12.0. The molecule has 7 heteroatoms. The van der Waals surface area contributed by atoms with Crippen molar-refractivity contribution in [3.8, 4) is 0 Å². The molecule has 0 aliphatic heterocycles. The van der Waals surface area contributed by atoms with Crippen LogP contribution >= 0.6 is 11.3 Å². The van der Waals surface area contributed by atoms with Crippen molar-refractivity contribution in [2.24, 2.45) is 0 Å². The Balaban J connectivity index is 2.76. The van der Waals surface area contributed by atoms with Crippen LogP contribution in [0.2, 0.25) is 0 Å². The van der Waals surface area contributed by atoms with Gasteiger partial charge in [-0.1, -0.05) is 0 Å². The van der Waals surface area contributed by atoms with E-state index in [1.165, 1.54) is 17.5 Å². The van der Waals surface area contributed by atoms with E-state index in [1.807, 2.05) is 0 Å². The maximum atomic E-state index is 11.4. The van der Waals surface area contributed by atoms with Gasteiger partial charge in [-0.15, -0.1) is 11.3 Å². The molecule has 6 nitrogen and oxygen atoms in total. The number of hydrogen-bond donors (Lipinski definition) is 2. The average molecular weight is 244 g/mol. The van der Waals surface area contributed by atoms with Gasteiger partial charge in [0, 0.05) is 11.6 Å². The van der Waals surface area contributed by atoms with Gasteiger partial charge in [-0.05, 0) is 6.92 Å². The lowest BCUT2D eigenvalue weighted by Crippen LogP contribution is -2.42. The number of hydrogen-bond acceptors (Lipinski definition) is 6. The smallest absolute Gasteiger partial charge is 0.331 e. The lowest BCUT2D eigenvalue weighted by Gasteiger charge is -2.18. The molecule has 0 saturated heterocycles. The van der Waals surface area contributed by atoms with E-state index in [2.05, 4.69) is 10.3 Å². The van der Waals surface area contributed by atoms with Crippen molar-refractivity contribution in [2.75, 3.05) is 6.61 Å². The molecule has 2 unspecified atom stereocenters. The van der Waals surface area contributed by atoms with Crippen LogP contribution in [-0.2, 0) is 14.3 Å². The molecule has 16 heavy (non-hydrogen) atoms. The van der Waals surface area contributed by atoms with Crippen molar-refractivity contribution in [1.82, 2.24) is 10.3 Å². The average Bonchev–Trinajstić information content (AvgIpc) is 2.78. The van der Waals surface area contributed by atoms with Crippen molar-refractivity contribution in [3.05, 3.63) is 16.6 Å². The van der Waals surface area contributed by atoms with Crippen molar-refractivity contribution in [2.45, 2.75) is 19.1 Å². The van der Waals surface area contributed by atoms with E-state index in [9.17, 15) is 14.7 Å². The zero-order valence-corrected chi connectivity index (χ0v) is 9.44. The molecule has 1 rings (SSSR count). The van der Waals surface area contributed by atoms with Gasteiger partial charge in [0.15, 0.2) is 6.04 Å². The van der Waals surface area contributed by atoms with Crippen LogP contribution in [0.25, 0.3) is 0 Å². The van der Waals surface area contributed by atoms with Gasteiger partial charge in [-0.3, -0.25) is 4.79 Å². The molecule has 0 bridgehead atoms. The Kier molecular flexibility index (Phi) is 4.87. The summed E-state index contributed by atoms with van der Waals surface area (Å²) >= 11 is 1.20. The zero-order valence-electron chi connectivity index (χ0n) is 8.62. The number of aromatic nitrogens is 1. The number of ether oxygens (including phenoxy) is 1. The van der Waals surface area contributed by atoms with Crippen LogP contribution in [-0.4, -0.2) is 35.1 Å². The van der Waals surface area contributed by atoms with Gasteiger partial charge in [0.2, 0.25) is 6.41 Å². The summed E-state index contributed by atoms with van der Waals surface area (Å²) in [6.45, 7) is 1.83. The molecule has 1 aromatic rings. The van der Waals surface area contributed by atoms with E-state index in [-0.39, 0.29) is 6.61 Å². The summed E-state index contributed by atoms with van der Waals surface area (Å²) in [5.41, 5.74) is 0. The second-order valence-corrected chi connectivity index (χ2v) is 3.76. The second kappa shape index (κ2) is 6.19. The molecular formula is C9H12N2O4S. The van der Waals surface area contributed by atoms with Crippen LogP contribution < -0.4 is 5.32 Å². The maximum Gasteiger partial charge on any atom is 0.331 e. The Morgan fingerprint density at radius 1 is 1.81 bits per heavy atom. The molecule has 0 radical (unpaired) electrons. The van der Waals surface area contributed by atoms with Gasteiger partial charge in [0.25, 0.3) is 0 Å². The lowest BCUT2D eigenvalue weighted by atomic mass is 10.2. The van der Waals surface area contributed by atoms with Crippen LogP contribution in [0.4, 0.5) is 0 Å². The van der Waals surface area contributed by atoms with Gasteiger partial charge in [-0.25, -0.2) is 9.78 Å². The molecule has 0 aromatic carbocycles. The molecule has 88 valence electrons. The number of rotatable bonds is 6. The topological polar surface area (TPSA) is 88.5 Å². The van der Waals surface area contributed by atoms with Crippen LogP contribution in [0.1, 0.15) is 18.0 Å². The summed E-state index contributed by atoms with van der Waals surface area (Å²) in [4.78, 5) is 25.7. The van der Waals surface area contributed by atoms with Gasteiger partial charge in [0.05, 0.1) is 6.61 Å². The third-order valence-electron chi connectivity index (χ3n) is 1.81.